The van der Waals surface area contributed by atoms with Gasteiger partial charge >= 0.3 is 23.9 Å². The molecule has 442 valence electrons. The normalized spacial score (nSPS) is 12.6. The molecule has 0 aliphatic rings. The molecule has 0 aliphatic carbocycles. The molecular weight excluding hydrogens is 941 g/mol. The molecule has 0 spiro atoms. The van der Waals surface area contributed by atoms with Crippen molar-refractivity contribution >= 4 is 29.8 Å². The number of hydrogen-bond donors (Lipinski definition) is 0. The number of nitrogens with zero attached hydrogens (tertiary/aromatic N) is 2. The summed E-state index contributed by atoms with van der Waals surface area (Å²) in [7, 11) is 4.06. The van der Waals surface area contributed by atoms with Crippen molar-refractivity contribution in [2.45, 2.75) is 329 Å². The van der Waals surface area contributed by atoms with E-state index in [2.05, 4.69) is 39.5 Å². The predicted octanol–water partition coefficient (Wildman–Crippen LogP) is 17.2. The molecule has 0 radical (unpaired) electrons. The summed E-state index contributed by atoms with van der Waals surface area (Å²) in [5.74, 6) is -1.05. The Morgan fingerprint density at radius 3 is 0.973 bits per heavy atom. The predicted molar refractivity (Wildman–Crippen MR) is 312 cm³/mol. The molecule has 0 aliphatic heterocycles. The van der Waals surface area contributed by atoms with Crippen LogP contribution in [0.4, 0.5) is 0 Å². The van der Waals surface area contributed by atoms with Gasteiger partial charge in [0, 0.05) is 51.1 Å². The number of hydrogen-bond acceptors (Lipinski definition) is 10. The molecule has 0 aromatic rings. The van der Waals surface area contributed by atoms with E-state index in [1.165, 1.54) is 122 Å². The van der Waals surface area contributed by atoms with Crippen LogP contribution in [0, 0.1) is 5.92 Å². The SMILES string of the molecule is CCCCCCCCC(=O)N(CCCN(C)C)CC(COC(=O)CCCCCCC(=O)OC(CCCCCC)CCCCCCCC)COC(=O)CCCCCCC(=O)OC(CCCCCC)CCCCCCCC. The van der Waals surface area contributed by atoms with Crippen LogP contribution in [0.3, 0.4) is 0 Å². The van der Waals surface area contributed by atoms with Crippen molar-refractivity contribution in [2.75, 3.05) is 46.9 Å². The van der Waals surface area contributed by atoms with E-state index in [-0.39, 0.29) is 74.0 Å². The highest BCUT2D eigenvalue weighted by atomic mass is 16.6. The summed E-state index contributed by atoms with van der Waals surface area (Å²) >= 11 is 0. The van der Waals surface area contributed by atoms with Crippen molar-refractivity contribution in [3.05, 3.63) is 0 Å². The molecule has 11 nitrogen and oxygen atoms in total. The van der Waals surface area contributed by atoms with E-state index in [9.17, 15) is 24.0 Å². The summed E-state index contributed by atoms with van der Waals surface area (Å²) in [6, 6.07) is 0. The average molecular weight is 1060 g/mol. The lowest BCUT2D eigenvalue weighted by Gasteiger charge is -2.28. The molecule has 0 aromatic heterocycles. The van der Waals surface area contributed by atoms with Crippen LogP contribution in [-0.2, 0) is 42.9 Å². The summed E-state index contributed by atoms with van der Waals surface area (Å²) < 4.78 is 23.7. The van der Waals surface area contributed by atoms with E-state index in [0.29, 0.717) is 45.2 Å². The van der Waals surface area contributed by atoms with Gasteiger partial charge in [0.25, 0.3) is 0 Å². The van der Waals surface area contributed by atoms with Gasteiger partial charge in [0.1, 0.15) is 12.2 Å². The van der Waals surface area contributed by atoms with Gasteiger partial charge in [-0.1, -0.05) is 195 Å². The van der Waals surface area contributed by atoms with Crippen LogP contribution in [0.15, 0.2) is 0 Å². The molecule has 0 rings (SSSR count). The Labute approximate surface area is 463 Å². The summed E-state index contributed by atoms with van der Waals surface area (Å²) in [5, 5.41) is 0. The molecule has 0 fully saturated rings. The van der Waals surface area contributed by atoms with E-state index in [1.807, 2.05) is 19.0 Å². The zero-order chi connectivity index (χ0) is 55.3. The van der Waals surface area contributed by atoms with Crippen molar-refractivity contribution in [1.29, 1.82) is 0 Å². The van der Waals surface area contributed by atoms with E-state index in [4.69, 9.17) is 18.9 Å². The van der Waals surface area contributed by atoms with Crippen molar-refractivity contribution in [2.24, 2.45) is 5.92 Å². The van der Waals surface area contributed by atoms with Gasteiger partial charge in [-0.3, -0.25) is 24.0 Å². The Kier molecular flexibility index (Phi) is 52.7. The molecule has 0 aromatic carbocycles. The third-order valence-electron chi connectivity index (χ3n) is 14.7. The number of esters is 4. The Bertz CT molecular complexity index is 1250. The Morgan fingerprint density at radius 1 is 0.333 bits per heavy atom. The lowest BCUT2D eigenvalue weighted by molar-refractivity contribution is -0.151. The number of carbonyl (C=O) groups is 5. The van der Waals surface area contributed by atoms with Crippen LogP contribution in [0.1, 0.15) is 317 Å². The topological polar surface area (TPSA) is 129 Å². The lowest BCUT2D eigenvalue weighted by atomic mass is 10.0. The van der Waals surface area contributed by atoms with Crippen molar-refractivity contribution in [3.63, 3.8) is 0 Å². The van der Waals surface area contributed by atoms with E-state index >= 15 is 0 Å². The highest BCUT2D eigenvalue weighted by Crippen LogP contribution is 2.21. The summed E-state index contributed by atoms with van der Waals surface area (Å²) in [5.41, 5.74) is 0. The van der Waals surface area contributed by atoms with Gasteiger partial charge in [-0.15, -0.1) is 0 Å². The number of unbranched alkanes of at least 4 members (excludes halogenated alkanes) is 27. The second kappa shape index (κ2) is 54.7. The zero-order valence-electron chi connectivity index (χ0n) is 50.4. The van der Waals surface area contributed by atoms with Gasteiger partial charge in [-0.2, -0.15) is 0 Å². The molecule has 2 unspecified atom stereocenters. The van der Waals surface area contributed by atoms with Crippen LogP contribution >= 0.6 is 0 Å². The van der Waals surface area contributed by atoms with Gasteiger partial charge < -0.3 is 28.7 Å². The summed E-state index contributed by atoms with van der Waals surface area (Å²) in [4.78, 5) is 69.6. The van der Waals surface area contributed by atoms with Crippen molar-refractivity contribution in [3.8, 4) is 0 Å². The van der Waals surface area contributed by atoms with Gasteiger partial charge in [-0.05, 0) is 111 Å². The van der Waals surface area contributed by atoms with Crippen molar-refractivity contribution < 1.29 is 42.9 Å². The first-order valence-electron chi connectivity index (χ1n) is 32.1. The first-order valence-corrected chi connectivity index (χ1v) is 32.1. The summed E-state index contributed by atoms with van der Waals surface area (Å²) in [6.07, 6.45) is 43.5. The highest BCUT2D eigenvalue weighted by Gasteiger charge is 2.23. The number of carbonyl (C=O) groups excluding carboxylic acids is 5. The minimum atomic E-state index is -0.351. The molecule has 2 atom stereocenters. The van der Waals surface area contributed by atoms with E-state index < -0.39 is 0 Å². The minimum absolute atomic E-state index is 0.0219. The van der Waals surface area contributed by atoms with Gasteiger partial charge in [-0.25, -0.2) is 0 Å². The van der Waals surface area contributed by atoms with Crippen LogP contribution < -0.4 is 0 Å². The minimum Gasteiger partial charge on any atom is -0.465 e. The fourth-order valence-electron chi connectivity index (χ4n) is 9.84. The first-order chi connectivity index (χ1) is 36.5. The zero-order valence-corrected chi connectivity index (χ0v) is 50.4. The number of rotatable bonds is 57. The van der Waals surface area contributed by atoms with Crippen LogP contribution in [0.2, 0.25) is 0 Å². The van der Waals surface area contributed by atoms with E-state index in [0.717, 1.165) is 122 Å². The molecule has 0 heterocycles. The highest BCUT2D eigenvalue weighted by molar-refractivity contribution is 5.76. The molecule has 0 N–H and O–H groups in total. The smallest absolute Gasteiger partial charge is 0.306 e. The maximum Gasteiger partial charge on any atom is 0.306 e. The second-order valence-electron chi connectivity index (χ2n) is 22.6. The van der Waals surface area contributed by atoms with Crippen LogP contribution in [-0.4, -0.2) is 98.7 Å². The molecule has 0 saturated heterocycles. The largest absolute Gasteiger partial charge is 0.465 e. The second-order valence-corrected chi connectivity index (χ2v) is 22.6. The fourth-order valence-corrected chi connectivity index (χ4v) is 9.84. The number of amides is 1. The molecule has 75 heavy (non-hydrogen) atoms. The Hall–Kier alpha value is -2.69. The number of ether oxygens (including phenoxy) is 4. The average Bonchev–Trinajstić information content (AvgIpc) is 3.39. The van der Waals surface area contributed by atoms with E-state index in [1.54, 1.807) is 0 Å². The third-order valence-corrected chi connectivity index (χ3v) is 14.7. The van der Waals surface area contributed by atoms with Gasteiger partial charge in [0.15, 0.2) is 0 Å². The third kappa shape index (κ3) is 49.4. The maximum absolute atomic E-state index is 13.7. The fraction of sp³-hybridized carbons (Fsp3) is 0.922. The van der Waals surface area contributed by atoms with Crippen LogP contribution in [0.5, 0.6) is 0 Å². The quantitative estimate of drug-likeness (QED) is 0.0330. The van der Waals surface area contributed by atoms with Crippen LogP contribution in [0.25, 0.3) is 0 Å². The standard InChI is InChI=1S/C64H122N2O9/c1-8-13-18-23-26-35-45-58(43-33-21-16-11-4)74-63(70)50-40-31-29-38-48-61(68)72-55-57(54-66(53-42-52-65(6)7)60(67)47-37-28-25-20-15-10-3)56-73-62(69)49-39-30-32-41-51-64(71)75-59(44-34-22-17-12-5)46-36-27-24-19-14-9-2/h57-59H,8-56H2,1-7H3. The lowest BCUT2D eigenvalue weighted by Crippen LogP contribution is -2.40. The summed E-state index contributed by atoms with van der Waals surface area (Å²) in [6.45, 7) is 13.0. The van der Waals surface area contributed by atoms with Gasteiger partial charge in [0.05, 0.1) is 13.2 Å². The molecule has 1 amide bonds. The monoisotopic (exact) mass is 1060 g/mol. The maximum atomic E-state index is 13.7. The molecule has 11 heteroatoms. The first kappa shape index (κ1) is 72.3. The van der Waals surface area contributed by atoms with Gasteiger partial charge in [0.2, 0.25) is 5.91 Å². The molecule has 0 bridgehead atoms. The molecular formula is C64H122N2O9. The van der Waals surface area contributed by atoms with Crippen molar-refractivity contribution in [1.82, 2.24) is 9.80 Å². The Morgan fingerprint density at radius 2 is 0.627 bits per heavy atom. The molecule has 0 saturated carbocycles. The Balaban J connectivity index is 5.23.